The van der Waals surface area contributed by atoms with Crippen LogP contribution in [0.15, 0.2) is 24.3 Å². The maximum atomic E-state index is 10.9. The molecule has 94 valence electrons. The van der Waals surface area contributed by atoms with Gasteiger partial charge in [-0.3, -0.25) is 9.69 Å². The van der Waals surface area contributed by atoms with E-state index in [1.165, 1.54) is 0 Å². The predicted octanol–water partition coefficient (Wildman–Crippen LogP) is 1.53. The molecule has 1 aromatic rings. The first kappa shape index (κ1) is 12.5. The van der Waals surface area contributed by atoms with Crippen molar-refractivity contribution in [3.8, 4) is 18.1 Å². The predicted molar refractivity (Wildman–Crippen MR) is 67.3 cm³/mol. The Morgan fingerprint density at radius 1 is 1.56 bits per heavy atom. The number of hydrogen-bond acceptors (Lipinski definition) is 3. The summed E-state index contributed by atoms with van der Waals surface area (Å²) in [6.07, 6.45) is 6.07. The molecule has 0 aliphatic carbocycles. The van der Waals surface area contributed by atoms with Gasteiger partial charge in [0.05, 0.1) is 19.7 Å². The lowest BCUT2D eigenvalue weighted by molar-refractivity contribution is -0.138. The van der Waals surface area contributed by atoms with Gasteiger partial charge in [-0.2, -0.15) is 0 Å². The number of rotatable bonds is 4. The molecule has 1 aromatic carbocycles. The van der Waals surface area contributed by atoms with E-state index in [9.17, 15) is 4.79 Å². The van der Waals surface area contributed by atoms with Crippen molar-refractivity contribution in [2.24, 2.45) is 0 Å². The third kappa shape index (κ3) is 2.63. The van der Waals surface area contributed by atoms with Gasteiger partial charge in [-0.05, 0) is 6.07 Å². The highest BCUT2D eigenvalue weighted by atomic mass is 16.5. The van der Waals surface area contributed by atoms with E-state index >= 15 is 0 Å². The monoisotopic (exact) mass is 245 g/mol. The molecule has 0 bridgehead atoms. The fourth-order valence-electron chi connectivity index (χ4n) is 2.27. The Morgan fingerprint density at radius 3 is 3.06 bits per heavy atom. The molecule has 2 rings (SSSR count). The van der Waals surface area contributed by atoms with Crippen LogP contribution in [0.5, 0.6) is 5.75 Å². The average molecular weight is 245 g/mol. The van der Waals surface area contributed by atoms with E-state index in [1.54, 1.807) is 4.90 Å². The molecule has 1 aliphatic heterocycles. The van der Waals surface area contributed by atoms with Gasteiger partial charge in [-0.25, -0.2) is 0 Å². The summed E-state index contributed by atoms with van der Waals surface area (Å²) in [6.45, 7) is 0.858. The molecule has 0 saturated heterocycles. The Labute approximate surface area is 106 Å². The van der Waals surface area contributed by atoms with Crippen LogP contribution in [0.25, 0.3) is 0 Å². The molecule has 1 atom stereocenters. The number of hydrogen-bond donors (Lipinski definition) is 1. The van der Waals surface area contributed by atoms with Gasteiger partial charge < -0.3 is 9.84 Å². The van der Waals surface area contributed by atoms with Gasteiger partial charge in [0.15, 0.2) is 0 Å². The van der Waals surface area contributed by atoms with Crippen molar-refractivity contribution in [2.45, 2.75) is 12.5 Å². The number of carbonyl (C=O) groups is 1. The van der Waals surface area contributed by atoms with Crippen molar-refractivity contribution < 1.29 is 14.6 Å². The Kier molecular flexibility index (Phi) is 3.85. The molecule has 0 radical (unpaired) electrons. The lowest BCUT2D eigenvalue weighted by atomic mass is 9.99. The van der Waals surface area contributed by atoms with E-state index in [-0.39, 0.29) is 12.6 Å². The van der Waals surface area contributed by atoms with Crippen LogP contribution in [0, 0.1) is 12.3 Å². The summed E-state index contributed by atoms with van der Waals surface area (Å²) < 4.78 is 5.56. The quantitative estimate of drug-likeness (QED) is 0.817. The fourth-order valence-corrected chi connectivity index (χ4v) is 2.27. The first-order chi connectivity index (χ1) is 8.72. The zero-order valence-electron chi connectivity index (χ0n) is 10.0. The van der Waals surface area contributed by atoms with E-state index in [1.807, 2.05) is 24.3 Å². The van der Waals surface area contributed by atoms with Gasteiger partial charge in [0.1, 0.15) is 5.75 Å². The van der Waals surface area contributed by atoms with Crippen molar-refractivity contribution in [1.29, 1.82) is 0 Å². The molecular formula is C14H15NO3. The number of benzene rings is 1. The van der Waals surface area contributed by atoms with Crippen molar-refractivity contribution in [3.05, 3.63) is 29.8 Å². The Bertz CT molecular complexity index is 478. The van der Waals surface area contributed by atoms with Crippen LogP contribution < -0.4 is 4.74 Å². The summed E-state index contributed by atoms with van der Waals surface area (Å²) in [6, 6.07) is 7.71. The number of carboxylic acid groups (broad SMARTS) is 1. The summed E-state index contributed by atoms with van der Waals surface area (Å²) in [5.74, 6) is 2.48. The molecule has 0 spiro atoms. The maximum Gasteiger partial charge on any atom is 0.317 e. The molecular weight excluding hydrogens is 230 g/mol. The number of nitrogens with zero attached hydrogens (tertiary/aromatic N) is 1. The zero-order valence-corrected chi connectivity index (χ0v) is 10.0. The van der Waals surface area contributed by atoms with Crippen LogP contribution >= 0.6 is 0 Å². The smallest absolute Gasteiger partial charge is 0.317 e. The highest BCUT2D eigenvalue weighted by molar-refractivity contribution is 5.69. The molecule has 0 saturated carbocycles. The maximum absolute atomic E-state index is 10.9. The van der Waals surface area contributed by atoms with E-state index < -0.39 is 5.97 Å². The third-order valence-electron chi connectivity index (χ3n) is 3.00. The topological polar surface area (TPSA) is 49.8 Å². The van der Waals surface area contributed by atoms with Gasteiger partial charge in [0, 0.05) is 18.0 Å². The van der Waals surface area contributed by atoms with Gasteiger partial charge in [-0.1, -0.05) is 24.1 Å². The highest BCUT2D eigenvalue weighted by Crippen LogP contribution is 2.35. The molecule has 18 heavy (non-hydrogen) atoms. The largest absolute Gasteiger partial charge is 0.493 e. The number of aliphatic carboxylic acids is 1. The van der Waals surface area contributed by atoms with Crippen molar-refractivity contribution >= 4 is 5.97 Å². The first-order valence-corrected chi connectivity index (χ1v) is 5.83. The van der Waals surface area contributed by atoms with E-state index in [2.05, 4.69) is 5.92 Å². The zero-order chi connectivity index (χ0) is 13.0. The first-order valence-electron chi connectivity index (χ1n) is 5.83. The van der Waals surface area contributed by atoms with Gasteiger partial charge in [0.2, 0.25) is 0 Å². The number of terminal acetylenes is 1. The van der Waals surface area contributed by atoms with Gasteiger partial charge in [0.25, 0.3) is 0 Å². The van der Waals surface area contributed by atoms with Gasteiger partial charge >= 0.3 is 5.97 Å². The molecule has 0 amide bonds. The Morgan fingerprint density at radius 2 is 2.33 bits per heavy atom. The minimum absolute atomic E-state index is 0.0158. The Balaban J connectivity index is 2.26. The molecule has 0 fully saturated rings. The number of ether oxygens (including phenoxy) is 1. The third-order valence-corrected chi connectivity index (χ3v) is 3.00. The molecule has 4 nitrogen and oxygen atoms in total. The summed E-state index contributed by atoms with van der Waals surface area (Å²) in [5.41, 5.74) is 1.01. The number of fused-ring (bicyclic) bond motifs is 1. The minimum atomic E-state index is -0.866. The van der Waals surface area contributed by atoms with Crippen molar-refractivity contribution in [3.63, 3.8) is 0 Å². The standard InChI is InChI=1S/C14H15NO3/c1-2-8-15(10-14(16)17)12-7-9-18-13-6-4-3-5-11(12)13/h1,3-6,12H,7-10H2,(H,16,17). The molecule has 1 heterocycles. The number of para-hydroxylation sites is 1. The van der Waals surface area contributed by atoms with Crippen LogP contribution in [0.3, 0.4) is 0 Å². The second-order valence-electron chi connectivity index (χ2n) is 4.19. The molecule has 1 N–H and O–H groups in total. The van der Waals surface area contributed by atoms with Crippen LogP contribution in [-0.4, -0.2) is 35.7 Å². The van der Waals surface area contributed by atoms with Crippen LogP contribution in [0.2, 0.25) is 0 Å². The fraction of sp³-hybridized carbons (Fsp3) is 0.357. The molecule has 1 unspecified atom stereocenters. The van der Waals surface area contributed by atoms with Gasteiger partial charge in [-0.15, -0.1) is 6.42 Å². The second-order valence-corrected chi connectivity index (χ2v) is 4.19. The lowest BCUT2D eigenvalue weighted by Gasteiger charge is -2.33. The summed E-state index contributed by atoms with van der Waals surface area (Å²) >= 11 is 0. The van der Waals surface area contributed by atoms with E-state index in [0.717, 1.165) is 17.7 Å². The number of carboxylic acids is 1. The van der Waals surface area contributed by atoms with Crippen LogP contribution in [-0.2, 0) is 4.79 Å². The molecule has 4 heteroatoms. The van der Waals surface area contributed by atoms with E-state index in [0.29, 0.717) is 13.2 Å². The minimum Gasteiger partial charge on any atom is -0.493 e. The second kappa shape index (κ2) is 5.56. The average Bonchev–Trinajstić information content (AvgIpc) is 2.37. The summed E-state index contributed by atoms with van der Waals surface area (Å²) in [4.78, 5) is 12.7. The summed E-state index contributed by atoms with van der Waals surface area (Å²) in [7, 11) is 0. The SMILES string of the molecule is C#CCN(CC(=O)O)C1CCOc2ccccc21. The van der Waals surface area contributed by atoms with Crippen molar-refractivity contribution in [1.82, 2.24) is 4.90 Å². The highest BCUT2D eigenvalue weighted by Gasteiger charge is 2.27. The van der Waals surface area contributed by atoms with E-state index in [4.69, 9.17) is 16.3 Å². The van der Waals surface area contributed by atoms with Crippen LogP contribution in [0.1, 0.15) is 18.0 Å². The summed E-state index contributed by atoms with van der Waals surface area (Å²) in [5, 5.41) is 8.95. The molecule has 0 aromatic heterocycles. The Hall–Kier alpha value is -1.99. The lowest BCUT2D eigenvalue weighted by Crippen LogP contribution is -2.36. The van der Waals surface area contributed by atoms with Crippen LogP contribution in [0.4, 0.5) is 0 Å². The molecule has 1 aliphatic rings. The normalized spacial score (nSPS) is 17.7. The van der Waals surface area contributed by atoms with Crippen molar-refractivity contribution in [2.75, 3.05) is 19.7 Å².